The minimum absolute atomic E-state index is 0.0836. The molecule has 0 N–H and O–H groups in total. The molecule has 112 valence electrons. The van der Waals surface area contributed by atoms with E-state index in [2.05, 4.69) is 4.98 Å². The predicted octanol–water partition coefficient (Wildman–Crippen LogP) is 2.18. The summed E-state index contributed by atoms with van der Waals surface area (Å²) in [5.74, 6) is -0.833. The van der Waals surface area contributed by atoms with Gasteiger partial charge in [0.25, 0.3) is 0 Å². The van der Waals surface area contributed by atoms with Crippen molar-refractivity contribution in [3.05, 3.63) is 10.7 Å². The fourth-order valence-electron chi connectivity index (χ4n) is 1.75. The maximum Gasteiger partial charge on any atom is 0.443 e. The smallest absolute Gasteiger partial charge is 0.443 e. The van der Waals surface area contributed by atoms with Crippen molar-refractivity contribution in [2.45, 2.75) is 13.1 Å². The van der Waals surface area contributed by atoms with Gasteiger partial charge in [-0.25, -0.2) is 9.78 Å². The van der Waals surface area contributed by atoms with Crippen molar-refractivity contribution in [2.75, 3.05) is 37.8 Å². The quantitative estimate of drug-likeness (QED) is 0.801. The van der Waals surface area contributed by atoms with E-state index >= 15 is 0 Å². The molecular formula is C11H13F3N2O3S. The van der Waals surface area contributed by atoms with E-state index in [9.17, 15) is 18.0 Å². The molecule has 0 aromatic carbocycles. The second-order valence-corrected chi connectivity index (χ2v) is 4.97. The molecule has 0 bridgehead atoms. The van der Waals surface area contributed by atoms with E-state index in [1.165, 1.54) is 0 Å². The Kier molecular flexibility index (Phi) is 4.48. The molecule has 1 aromatic heterocycles. The van der Waals surface area contributed by atoms with Crippen molar-refractivity contribution in [1.82, 2.24) is 4.98 Å². The SMILES string of the molecule is CCOC(=O)c1nc(C(F)(F)F)sc1N1CCOCC1. The maximum atomic E-state index is 12.8. The van der Waals surface area contributed by atoms with Crippen molar-refractivity contribution in [3.8, 4) is 0 Å². The van der Waals surface area contributed by atoms with Crippen LogP contribution in [0, 0.1) is 0 Å². The third kappa shape index (κ3) is 3.21. The molecule has 1 fully saturated rings. The van der Waals surface area contributed by atoms with Crippen molar-refractivity contribution in [3.63, 3.8) is 0 Å². The number of rotatable bonds is 3. The molecule has 0 aliphatic carbocycles. The number of carbonyl (C=O) groups is 1. The molecule has 0 atom stereocenters. The highest BCUT2D eigenvalue weighted by Gasteiger charge is 2.38. The Labute approximate surface area is 117 Å². The highest BCUT2D eigenvalue weighted by Crippen LogP contribution is 2.39. The van der Waals surface area contributed by atoms with E-state index in [-0.39, 0.29) is 17.3 Å². The number of anilines is 1. The summed E-state index contributed by atoms with van der Waals surface area (Å²) in [6.07, 6.45) is -4.57. The lowest BCUT2D eigenvalue weighted by molar-refractivity contribution is -0.137. The molecule has 1 aliphatic rings. The number of ether oxygens (including phenoxy) is 2. The first-order valence-corrected chi connectivity index (χ1v) is 6.83. The van der Waals surface area contributed by atoms with Gasteiger partial charge in [0.2, 0.25) is 5.01 Å². The molecule has 20 heavy (non-hydrogen) atoms. The summed E-state index contributed by atoms with van der Waals surface area (Å²) in [6.45, 7) is 3.32. The Morgan fingerprint density at radius 2 is 2.10 bits per heavy atom. The minimum atomic E-state index is -4.57. The normalized spacial score (nSPS) is 16.3. The van der Waals surface area contributed by atoms with Crippen LogP contribution in [-0.2, 0) is 15.7 Å². The molecule has 0 saturated carbocycles. The van der Waals surface area contributed by atoms with Gasteiger partial charge in [0.05, 0.1) is 19.8 Å². The first-order chi connectivity index (χ1) is 9.43. The van der Waals surface area contributed by atoms with Gasteiger partial charge in [-0.2, -0.15) is 13.2 Å². The Balaban J connectivity index is 2.36. The van der Waals surface area contributed by atoms with Gasteiger partial charge in [-0.05, 0) is 6.92 Å². The Hall–Kier alpha value is -1.35. The van der Waals surface area contributed by atoms with Gasteiger partial charge in [0, 0.05) is 13.1 Å². The third-order valence-electron chi connectivity index (χ3n) is 2.62. The minimum Gasteiger partial charge on any atom is -0.461 e. The molecule has 0 amide bonds. The number of morpholine rings is 1. The molecule has 1 aromatic rings. The van der Waals surface area contributed by atoms with E-state index in [1.54, 1.807) is 11.8 Å². The topological polar surface area (TPSA) is 51.7 Å². The number of alkyl halides is 3. The second-order valence-electron chi connectivity index (χ2n) is 3.99. The van der Waals surface area contributed by atoms with Gasteiger partial charge < -0.3 is 14.4 Å². The van der Waals surface area contributed by atoms with E-state index < -0.39 is 17.2 Å². The number of hydrogen-bond acceptors (Lipinski definition) is 6. The average Bonchev–Trinajstić information content (AvgIpc) is 2.85. The number of carbonyl (C=O) groups excluding carboxylic acids is 1. The lowest BCUT2D eigenvalue weighted by atomic mass is 10.3. The van der Waals surface area contributed by atoms with Crippen LogP contribution >= 0.6 is 11.3 Å². The van der Waals surface area contributed by atoms with Gasteiger partial charge in [0.1, 0.15) is 5.00 Å². The molecule has 0 unspecified atom stereocenters. The van der Waals surface area contributed by atoms with E-state index in [4.69, 9.17) is 9.47 Å². The van der Waals surface area contributed by atoms with Crippen molar-refractivity contribution < 1.29 is 27.4 Å². The Bertz CT molecular complexity index is 484. The fraction of sp³-hybridized carbons (Fsp3) is 0.636. The Morgan fingerprint density at radius 3 is 2.65 bits per heavy atom. The monoisotopic (exact) mass is 310 g/mol. The molecule has 1 aliphatic heterocycles. The molecule has 5 nitrogen and oxygen atoms in total. The summed E-state index contributed by atoms with van der Waals surface area (Å²) in [5.41, 5.74) is -0.272. The van der Waals surface area contributed by atoms with Crippen LogP contribution in [0.15, 0.2) is 0 Å². The van der Waals surface area contributed by atoms with Crippen LogP contribution in [0.1, 0.15) is 22.4 Å². The summed E-state index contributed by atoms with van der Waals surface area (Å²) in [7, 11) is 0. The number of halogens is 3. The highest BCUT2D eigenvalue weighted by atomic mass is 32.1. The highest BCUT2D eigenvalue weighted by molar-refractivity contribution is 7.16. The largest absolute Gasteiger partial charge is 0.461 e. The van der Waals surface area contributed by atoms with Gasteiger partial charge in [-0.1, -0.05) is 11.3 Å². The first kappa shape index (κ1) is 15.0. The van der Waals surface area contributed by atoms with Crippen LogP contribution in [0.4, 0.5) is 18.2 Å². The fourth-order valence-corrected chi connectivity index (χ4v) is 2.72. The number of thiazole rings is 1. The number of hydrogen-bond donors (Lipinski definition) is 0. The zero-order valence-electron chi connectivity index (χ0n) is 10.7. The predicted molar refractivity (Wildman–Crippen MR) is 66.1 cm³/mol. The Morgan fingerprint density at radius 1 is 1.45 bits per heavy atom. The van der Waals surface area contributed by atoms with Crippen LogP contribution in [0.3, 0.4) is 0 Å². The maximum absolute atomic E-state index is 12.8. The second kappa shape index (κ2) is 5.96. The van der Waals surface area contributed by atoms with E-state index in [1.807, 2.05) is 0 Å². The summed E-state index contributed by atoms with van der Waals surface area (Å²) in [4.78, 5) is 16.8. The summed E-state index contributed by atoms with van der Waals surface area (Å²) in [6, 6.07) is 0. The molecule has 2 heterocycles. The number of esters is 1. The summed E-state index contributed by atoms with van der Waals surface area (Å²) < 4.78 is 48.2. The van der Waals surface area contributed by atoms with Crippen LogP contribution in [0.25, 0.3) is 0 Å². The van der Waals surface area contributed by atoms with E-state index in [0.29, 0.717) is 37.6 Å². The zero-order chi connectivity index (χ0) is 14.8. The van der Waals surface area contributed by atoms with Crippen LogP contribution in [-0.4, -0.2) is 43.9 Å². The van der Waals surface area contributed by atoms with Crippen LogP contribution in [0.5, 0.6) is 0 Å². The van der Waals surface area contributed by atoms with Gasteiger partial charge in [0.15, 0.2) is 5.69 Å². The summed E-state index contributed by atoms with van der Waals surface area (Å²) in [5, 5.41) is -0.846. The van der Waals surface area contributed by atoms with Gasteiger partial charge in [-0.3, -0.25) is 0 Å². The standard InChI is InChI=1S/C11H13F3N2O3S/c1-2-19-9(17)7-8(16-3-5-18-6-4-16)20-10(15-7)11(12,13)14/h2-6H2,1H3. The van der Waals surface area contributed by atoms with Crippen molar-refractivity contribution in [2.24, 2.45) is 0 Å². The molecular weight excluding hydrogens is 297 g/mol. The molecule has 2 rings (SSSR count). The van der Waals surface area contributed by atoms with Crippen LogP contribution < -0.4 is 4.90 Å². The lowest BCUT2D eigenvalue weighted by Crippen LogP contribution is -2.36. The molecule has 0 spiro atoms. The average molecular weight is 310 g/mol. The summed E-state index contributed by atoms with van der Waals surface area (Å²) >= 11 is 0.461. The number of aromatic nitrogens is 1. The molecule has 0 radical (unpaired) electrons. The first-order valence-electron chi connectivity index (χ1n) is 6.01. The lowest BCUT2D eigenvalue weighted by Gasteiger charge is -2.27. The number of nitrogens with zero attached hydrogens (tertiary/aromatic N) is 2. The molecule has 1 saturated heterocycles. The van der Waals surface area contributed by atoms with Crippen molar-refractivity contribution in [1.29, 1.82) is 0 Å². The third-order valence-corrected chi connectivity index (χ3v) is 3.78. The van der Waals surface area contributed by atoms with Gasteiger partial charge in [-0.15, -0.1) is 0 Å². The molecule has 9 heteroatoms. The van der Waals surface area contributed by atoms with E-state index in [0.717, 1.165) is 0 Å². The van der Waals surface area contributed by atoms with Crippen LogP contribution in [0.2, 0.25) is 0 Å². The zero-order valence-corrected chi connectivity index (χ0v) is 11.5. The van der Waals surface area contributed by atoms with Gasteiger partial charge >= 0.3 is 12.1 Å². The van der Waals surface area contributed by atoms with Crippen molar-refractivity contribution >= 4 is 22.3 Å².